The van der Waals surface area contributed by atoms with Gasteiger partial charge < -0.3 is 10.1 Å². The molecule has 0 atom stereocenters. The summed E-state index contributed by atoms with van der Waals surface area (Å²) >= 11 is 0. The number of carbonyl (C=O) groups is 1. The average molecular weight is 391 g/mol. The fourth-order valence-electron chi connectivity index (χ4n) is 3.11. The van der Waals surface area contributed by atoms with E-state index in [0.717, 1.165) is 24.3 Å². The first kappa shape index (κ1) is 19.3. The Morgan fingerprint density at radius 3 is 2.11 bits per heavy atom. The number of aliphatic carboxylic acids is 1. The van der Waals surface area contributed by atoms with Crippen LogP contribution in [0.1, 0.15) is 36.1 Å². The lowest BCUT2D eigenvalue weighted by Crippen LogP contribution is -2.28. The summed E-state index contributed by atoms with van der Waals surface area (Å²) in [5.74, 6) is -1.12. The van der Waals surface area contributed by atoms with Crippen molar-refractivity contribution in [3.63, 3.8) is 0 Å². The molecular weight excluding hydrogens is 376 g/mol. The van der Waals surface area contributed by atoms with Crippen molar-refractivity contribution >= 4 is 5.97 Å². The summed E-state index contributed by atoms with van der Waals surface area (Å²) in [5.41, 5.74) is -2.12. The van der Waals surface area contributed by atoms with E-state index in [9.17, 15) is 31.1 Å². The molecule has 2 aromatic rings. The summed E-state index contributed by atoms with van der Waals surface area (Å²) in [6.07, 6.45) is -9.48. The topological polar surface area (TPSA) is 53.1 Å². The van der Waals surface area contributed by atoms with E-state index in [2.05, 4.69) is 4.98 Å². The summed E-state index contributed by atoms with van der Waals surface area (Å²) in [7, 11) is 0. The second kappa shape index (κ2) is 6.31. The Balaban J connectivity index is 2.01. The molecule has 9 heteroatoms. The molecule has 1 fully saturated rings. The Morgan fingerprint density at radius 2 is 1.67 bits per heavy atom. The van der Waals surface area contributed by atoms with Crippen LogP contribution < -0.4 is 0 Å². The number of benzene rings is 1. The van der Waals surface area contributed by atoms with Crippen molar-refractivity contribution in [3.8, 4) is 11.3 Å². The van der Waals surface area contributed by atoms with E-state index in [1.165, 1.54) is 6.07 Å². The molecule has 0 unspecified atom stereocenters. The highest BCUT2D eigenvalue weighted by Crippen LogP contribution is 2.59. The van der Waals surface area contributed by atoms with E-state index in [1.807, 2.05) is 0 Å². The van der Waals surface area contributed by atoms with Gasteiger partial charge in [0.05, 0.1) is 5.56 Å². The van der Waals surface area contributed by atoms with E-state index in [1.54, 1.807) is 0 Å². The van der Waals surface area contributed by atoms with E-state index in [4.69, 9.17) is 5.11 Å². The van der Waals surface area contributed by atoms with Gasteiger partial charge >= 0.3 is 18.3 Å². The van der Waals surface area contributed by atoms with Crippen molar-refractivity contribution in [3.05, 3.63) is 47.2 Å². The fourth-order valence-corrected chi connectivity index (χ4v) is 3.11. The van der Waals surface area contributed by atoms with E-state index in [-0.39, 0.29) is 42.6 Å². The fraction of sp³-hybridized carbons (Fsp3) is 0.389. The lowest BCUT2D eigenvalue weighted by molar-refractivity contribution is -0.161. The first-order chi connectivity index (χ1) is 12.4. The highest BCUT2D eigenvalue weighted by Gasteiger charge is 2.65. The van der Waals surface area contributed by atoms with Crippen LogP contribution in [0.3, 0.4) is 0 Å². The number of aromatic amines is 1. The van der Waals surface area contributed by atoms with Crippen LogP contribution in [-0.2, 0) is 22.8 Å². The number of carboxylic acid groups (broad SMARTS) is 1. The third kappa shape index (κ3) is 3.68. The molecule has 0 saturated heterocycles. The minimum atomic E-state index is -4.53. The van der Waals surface area contributed by atoms with Gasteiger partial charge in [-0.05, 0) is 48.6 Å². The molecule has 3 nitrogen and oxygen atoms in total. The minimum absolute atomic E-state index is 0.0316. The van der Waals surface area contributed by atoms with Gasteiger partial charge in [0.25, 0.3) is 0 Å². The SMILES string of the molecule is O=C(O)CCc1cc(C2(C(F)(F)F)CC2)[nH]c1-c1ccc(C(F)(F)F)cc1. The first-order valence-corrected chi connectivity index (χ1v) is 8.12. The molecule has 1 saturated carbocycles. The standard InChI is InChI=1S/C18H15F6NO2/c19-17(20,21)12-4-1-10(2-5-12)15-11(3-6-14(26)27)9-13(25-15)16(7-8-16)18(22,23)24/h1-2,4-5,9,25H,3,6-8H2,(H,26,27). The number of nitrogens with one attached hydrogen (secondary N) is 1. The summed E-state index contributed by atoms with van der Waals surface area (Å²) < 4.78 is 78.3. The Labute approximate surface area is 150 Å². The van der Waals surface area contributed by atoms with Gasteiger partial charge in [0.2, 0.25) is 0 Å². The normalized spacial score (nSPS) is 16.4. The predicted octanol–water partition coefficient (Wildman–Crippen LogP) is 5.31. The van der Waals surface area contributed by atoms with Gasteiger partial charge in [-0.3, -0.25) is 4.79 Å². The van der Waals surface area contributed by atoms with E-state index in [0.29, 0.717) is 5.56 Å². The van der Waals surface area contributed by atoms with Crippen LogP contribution in [0.2, 0.25) is 0 Å². The van der Waals surface area contributed by atoms with Crippen molar-refractivity contribution in [2.45, 2.75) is 43.5 Å². The molecule has 1 aliphatic carbocycles. The van der Waals surface area contributed by atoms with Crippen molar-refractivity contribution in [2.24, 2.45) is 0 Å². The zero-order chi connectivity index (χ0) is 20.0. The molecule has 1 heterocycles. The molecule has 27 heavy (non-hydrogen) atoms. The van der Waals surface area contributed by atoms with E-state index < -0.39 is 29.3 Å². The first-order valence-electron chi connectivity index (χ1n) is 8.12. The van der Waals surface area contributed by atoms with Crippen LogP contribution in [0.4, 0.5) is 26.3 Å². The molecule has 1 aliphatic rings. The van der Waals surface area contributed by atoms with Crippen LogP contribution in [0.15, 0.2) is 30.3 Å². The van der Waals surface area contributed by atoms with Gasteiger partial charge in [-0.1, -0.05) is 12.1 Å². The smallest absolute Gasteiger partial charge is 0.416 e. The predicted molar refractivity (Wildman–Crippen MR) is 84.2 cm³/mol. The monoisotopic (exact) mass is 391 g/mol. The lowest BCUT2D eigenvalue weighted by atomic mass is 10.00. The third-order valence-electron chi connectivity index (χ3n) is 4.82. The maximum Gasteiger partial charge on any atom is 0.416 e. The Bertz CT molecular complexity index is 844. The number of aryl methyl sites for hydroxylation is 1. The summed E-state index contributed by atoms with van der Waals surface area (Å²) in [5, 5.41) is 8.86. The molecule has 3 rings (SSSR count). The summed E-state index contributed by atoms with van der Waals surface area (Å²) in [4.78, 5) is 13.5. The molecule has 2 N–H and O–H groups in total. The van der Waals surface area contributed by atoms with Crippen molar-refractivity contribution in [2.75, 3.05) is 0 Å². The molecule has 0 spiro atoms. The third-order valence-corrected chi connectivity index (χ3v) is 4.82. The number of halogens is 6. The zero-order valence-electron chi connectivity index (χ0n) is 13.8. The lowest BCUT2D eigenvalue weighted by Gasteiger charge is -2.17. The van der Waals surface area contributed by atoms with Crippen molar-refractivity contribution in [1.82, 2.24) is 4.98 Å². The van der Waals surface area contributed by atoms with Gasteiger partial charge in [-0.25, -0.2) is 0 Å². The number of aromatic nitrogens is 1. The maximum absolute atomic E-state index is 13.4. The van der Waals surface area contributed by atoms with Gasteiger partial charge in [0.15, 0.2) is 0 Å². The van der Waals surface area contributed by atoms with Crippen molar-refractivity contribution in [1.29, 1.82) is 0 Å². The maximum atomic E-state index is 13.4. The number of carboxylic acids is 1. The number of H-pyrrole nitrogens is 1. The molecule has 0 bridgehead atoms. The van der Waals surface area contributed by atoms with Crippen LogP contribution in [0.5, 0.6) is 0 Å². The van der Waals surface area contributed by atoms with Gasteiger partial charge in [-0.15, -0.1) is 0 Å². The quantitative estimate of drug-likeness (QED) is 0.679. The summed E-state index contributed by atoms with van der Waals surface area (Å²) in [6.45, 7) is 0. The van der Waals surface area contributed by atoms with Crippen LogP contribution in [0.25, 0.3) is 11.3 Å². The molecule has 0 amide bonds. The van der Waals surface area contributed by atoms with Crippen LogP contribution in [-0.4, -0.2) is 22.2 Å². The second-order valence-corrected chi connectivity index (χ2v) is 6.63. The van der Waals surface area contributed by atoms with E-state index >= 15 is 0 Å². The van der Waals surface area contributed by atoms with Crippen LogP contribution in [0, 0.1) is 0 Å². The number of hydrogen-bond acceptors (Lipinski definition) is 1. The number of rotatable bonds is 5. The Morgan fingerprint density at radius 1 is 1.07 bits per heavy atom. The molecule has 1 aromatic heterocycles. The Hall–Kier alpha value is -2.45. The van der Waals surface area contributed by atoms with Crippen LogP contribution >= 0.6 is 0 Å². The molecule has 0 aliphatic heterocycles. The molecule has 0 radical (unpaired) electrons. The molecule has 146 valence electrons. The second-order valence-electron chi connectivity index (χ2n) is 6.63. The number of alkyl halides is 6. The highest BCUT2D eigenvalue weighted by molar-refractivity contribution is 5.70. The average Bonchev–Trinajstić information content (AvgIpc) is 3.27. The molecular formula is C18H15F6NO2. The van der Waals surface area contributed by atoms with Gasteiger partial charge in [0.1, 0.15) is 5.41 Å². The largest absolute Gasteiger partial charge is 0.481 e. The van der Waals surface area contributed by atoms with Gasteiger partial charge in [-0.2, -0.15) is 26.3 Å². The Kier molecular flexibility index (Phi) is 4.52. The minimum Gasteiger partial charge on any atom is -0.481 e. The molecule has 1 aromatic carbocycles. The zero-order valence-corrected chi connectivity index (χ0v) is 13.8. The van der Waals surface area contributed by atoms with Gasteiger partial charge in [0, 0.05) is 17.8 Å². The highest BCUT2D eigenvalue weighted by atomic mass is 19.4. The number of hydrogen-bond donors (Lipinski definition) is 2. The van der Waals surface area contributed by atoms with Crippen molar-refractivity contribution < 1.29 is 36.2 Å². The summed E-state index contributed by atoms with van der Waals surface area (Å²) in [6, 6.07) is 5.29.